The fourth-order valence-electron chi connectivity index (χ4n) is 3.97. The second-order valence-electron chi connectivity index (χ2n) is 7.80. The van der Waals surface area contributed by atoms with Crippen molar-refractivity contribution >= 4 is 32.5 Å². The van der Waals surface area contributed by atoms with Crippen LogP contribution in [0.2, 0.25) is 0 Å². The standard InChI is InChI=1S/C23H27N3O4S/c1-30-19-9-10-22-21(15-19)17(16-24-22)13-23(27)25-18-7-6-8-20(14-18)31(28,29)26-11-4-2-3-5-12-26/h6-10,14-16,24H,2-5,11-13H2,1H3,(H,25,27). The van der Waals surface area contributed by atoms with Gasteiger partial charge in [0.1, 0.15) is 5.75 Å². The van der Waals surface area contributed by atoms with Crippen molar-refractivity contribution in [3.63, 3.8) is 0 Å². The number of aromatic amines is 1. The number of hydrogen-bond acceptors (Lipinski definition) is 4. The van der Waals surface area contributed by atoms with Crippen LogP contribution in [0, 0.1) is 0 Å². The summed E-state index contributed by atoms with van der Waals surface area (Å²) in [5, 5.41) is 3.76. The van der Waals surface area contributed by atoms with Crippen LogP contribution in [0.15, 0.2) is 53.6 Å². The highest BCUT2D eigenvalue weighted by atomic mass is 32.2. The summed E-state index contributed by atoms with van der Waals surface area (Å²) < 4.78 is 32.9. The molecule has 2 aromatic carbocycles. The molecule has 0 aliphatic carbocycles. The van der Waals surface area contributed by atoms with Crippen molar-refractivity contribution in [3.05, 3.63) is 54.2 Å². The molecule has 0 radical (unpaired) electrons. The predicted octanol–water partition coefficient (Wildman–Crippen LogP) is 3.92. The fraction of sp³-hybridized carbons (Fsp3) is 0.348. The van der Waals surface area contributed by atoms with Crippen molar-refractivity contribution < 1.29 is 17.9 Å². The molecule has 8 heteroatoms. The van der Waals surface area contributed by atoms with E-state index < -0.39 is 10.0 Å². The number of nitrogens with one attached hydrogen (secondary N) is 2. The molecule has 1 amide bonds. The van der Waals surface area contributed by atoms with Crippen LogP contribution < -0.4 is 10.1 Å². The van der Waals surface area contributed by atoms with E-state index in [1.54, 1.807) is 29.6 Å². The molecule has 164 valence electrons. The molecular weight excluding hydrogens is 414 g/mol. The van der Waals surface area contributed by atoms with Gasteiger partial charge in [-0.15, -0.1) is 0 Å². The lowest BCUT2D eigenvalue weighted by molar-refractivity contribution is -0.115. The van der Waals surface area contributed by atoms with Gasteiger partial charge in [-0.25, -0.2) is 8.42 Å². The molecule has 0 spiro atoms. The number of benzene rings is 2. The van der Waals surface area contributed by atoms with Crippen molar-refractivity contribution in [2.24, 2.45) is 0 Å². The Morgan fingerprint density at radius 3 is 2.61 bits per heavy atom. The van der Waals surface area contributed by atoms with Gasteiger partial charge in [0.15, 0.2) is 0 Å². The number of hydrogen-bond donors (Lipinski definition) is 2. The van der Waals surface area contributed by atoms with Crippen molar-refractivity contribution in [2.45, 2.75) is 37.0 Å². The van der Waals surface area contributed by atoms with E-state index in [1.165, 1.54) is 6.07 Å². The van der Waals surface area contributed by atoms with E-state index in [1.807, 2.05) is 24.4 Å². The number of carbonyl (C=O) groups excluding carboxylic acids is 1. The monoisotopic (exact) mass is 441 g/mol. The smallest absolute Gasteiger partial charge is 0.243 e. The van der Waals surface area contributed by atoms with Crippen molar-refractivity contribution in [1.29, 1.82) is 0 Å². The Kier molecular flexibility index (Phi) is 6.29. The highest BCUT2D eigenvalue weighted by Gasteiger charge is 2.25. The van der Waals surface area contributed by atoms with E-state index in [0.29, 0.717) is 18.8 Å². The molecule has 1 saturated heterocycles. The maximum Gasteiger partial charge on any atom is 0.243 e. The summed E-state index contributed by atoms with van der Waals surface area (Å²) in [6.45, 7) is 1.09. The molecule has 7 nitrogen and oxygen atoms in total. The van der Waals surface area contributed by atoms with Crippen molar-refractivity contribution in [3.8, 4) is 5.75 Å². The first-order valence-electron chi connectivity index (χ1n) is 10.5. The maximum absolute atomic E-state index is 13.0. The van der Waals surface area contributed by atoms with E-state index in [-0.39, 0.29) is 17.2 Å². The van der Waals surface area contributed by atoms with Crippen LogP contribution in [0.1, 0.15) is 31.2 Å². The highest BCUT2D eigenvalue weighted by Crippen LogP contribution is 2.25. The SMILES string of the molecule is COc1ccc2[nH]cc(CC(=O)Nc3cccc(S(=O)(=O)N4CCCCCC4)c3)c2c1. The number of aromatic nitrogens is 1. The van der Waals surface area contributed by atoms with Crippen LogP contribution >= 0.6 is 0 Å². The minimum absolute atomic E-state index is 0.163. The number of fused-ring (bicyclic) bond motifs is 1. The van der Waals surface area contributed by atoms with Gasteiger partial charge in [0.2, 0.25) is 15.9 Å². The second kappa shape index (κ2) is 9.11. The largest absolute Gasteiger partial charge is 0.497 e. The van der Waals surface area contributed by atoms with Crippen molar-refractivity contribution in [2.75, 3.05) is 25.5 Å². The summed E-state index contributed by atoms with van der Waals surface area (Å²) in [7, 11) is -1.96. The number of H-pyrrole nitrogens is 1. The van der Waals surface area contributed by atoms with E-state index in [0.717, 1.165) is 47.9 Å². The third-order valence-corrected chi connectivity index (χ3v) is 7.54. The molecule has 1 aliphatic rings. The Labute approximate surface area is 182 Å². The number of methoxy groups -OCH3 is 1. The Hall–Kier alpha value is -2.84. The maximum atomic E-state index is 13.0. The Morgan fingerprint density at radius 1 is 1.10 bits per heavy atom. The van der Waals surface area contributed by atoms with E-state index >= 15 is 0 Å². The molecule has 3 aromatic rings. The molecule has 0 bridgehead atoms. The van der Waals surface area contributed by atoms with Crippen LogP contribution in [-0.4, -0.2) is 43.8 Å². The number of rotatable bonds is 6. The Bertz CT molecular complexity index is 1180. The summed E-state index contributed by atoms with van der Waals surface area (Å²) in [5.41, 5.74) is 2.24. The third kappa shape index (κ3) is 4.75. The number of amides is 1. The van der Waals surface area contributed by atoms with Gasteiger partial charge in [-0.3, -0.25) is 4.79 Å². The quantitative estimate of drug-likeness (QED) is 0.606. The summed E-state index contributed by atoms with van der Waals surface area (Å²) >= 11 is 0. The molecule has 4 rings (SSSR count). The second-order valence-corrected chi connectivity index (χ2v) is 9.73. The minimum atomic E-state index is -3.57. The number of ether oxygens (including phenoxy) is 1. The van der Waals surface area contributed by atoms with Crippen LogP contribution in [0.25, 0.3) is 10.9 Å². The summed E-state index contributed by atoms with van der Waals surface area (Å²) in [6.07, 6.45) is 5.85. The number of sulfonamides is 1. The zero-order valence-electron chi connectivity index (χ0n) is 17.6. The summed E-state index contributed by atoms with van der Waals surface area (Å²) in [6, 6.07) is 12.2. The van der Waals surface area contributed by atoms with Gasteiger partial charge < -0.3 is 15.0 Å². The number of carbonyl (C=O) groups is 1. The van der Waals surface area contributed by atoms with Crippen LogP contribution in [0.5, 0.6) is 5.75 Å². The summed E-state index contributed by atoms with van der Waals surface area (Å²) in [4.78, 5) is 16.0. The highest BCUT2D eigenvalue weighted by molar-refractivity contribution is 7.89. The van der Waals surface area contributed by atoms with E-state index in [2.05, 4.69) is 10.3 Å². The van der Waals surface area contributed by atoms with Crippen LogP contribution in [-0.2, 0) is 21.2 Å². The lowest BCUT2D eigenvalue weighted by Crippen LogP contribution is -2.32. The van der Waals surface area contributed by atoms with E-state index in [4.69, 9.17) is 4.74 Å². The van der Waals surface area contributed by atoms with Gasteiger partial charge in [0.25, 0.3) is 0 Å². The first-order chi connectivity index (χ1) is 15.0. The molecular formula is C23H27N3O4S. The van der Waals surface area contributed by atoms with Gasteiger partial charge in [0, 0.05) is 35.9 Å². The molecule has 2 N–H and O–H groups in total. The van der Waals surface area contributed by atoms with Gasteiger partial charge >= 0.3 is 0 Å². The molecule has 1 aromatic heterocycles. The molecule has 31 heavy (non-hydrogen) atoms. The van der Waals surface area contributed by atoms with Gasteiger partial charge in [-0.2, -0.15) is 4.31 Å². The Morgan fingerprint density at radius 2 is 1.87 bits per heavy atom. The van der Waals surface area contributed by atoms with Gasteiger partial charge in [0.05, 0.1) is 18.4 Å². The molecule has 2 heterocycles. The number of nitrogens with zero attached hydrogens (tertiary/aromatic N) is 1. The van der Waals surface area contributed by atoms with Gasteiger partial charge in [-0.05, 0) is 54.8 Å². The third-order valence-electron chi connectivity index (χ3n) is 5.65. The lowest BCUT2D eigenvalue weighted by Gasteiger charge is -2.20. The van der Waals surface area contributed by atoms with Crippen molar-refractivity contribution in [1.82, 2.24) is 9.29 Å². The zero-order chi connectivity index (χ0) is 21.8. The minimum Gasteiger partial charge on any atom is -0.497 e. The van der Waals surface area contributed by atoms with E-state index in [9.17, 15) is 13.2 Å². The van der Waals surface area contributed by atoms with Gasteiger partial charge in [-0.1, -0.05) is 18.9 Å². The molecule has 1 fully saturated rings. The Balaban J connectivity index is 1.49. The zero-order valence-corrected chi connectivity index (χ0v) is 18.4. The molecule has 1 aliphatic heterocycles. The fourth-order valence-corrected chi connectivity index (χ4v) is 5.54. The topological polar surface area (TPSA) is 91.5 Å². The predicted molar refractivity (Wildman–Crippen MR) is 121 cm³/mol. The normalized spacial score (nSPS) is 15.5. The first kappa shape index (κ1) is 21.4. The summed E-state index contributed by atoms with van der Waals surface area (Å²) in [5.74, 6) is 0.508. The van der Waals surface area contributed by atoms with Crippen LogP contribution in [0.3, 0.4) is 0 Å². The molecule has 0 unspecified atom stereocenters. The average Bonchev–Trinajstić information content (AvgIpc) is 2.97. The average molecular weight is 442 g/mol. The molecule has 0 saturated carbocycles. The lowest BCUT2D eigenvalue weighted by atomic mass is 10.1. The first-order valence-corrected chi connectivity index (χ1v) is 12.0. The van der Waals surface area contributed by atoms with Crippen LogP contribution in [0.4, 0.5) is 5.69 Å². The number of anilines is 1. The molecule has 0 atom stereocenters.